The number of hydrogen-bond acceptors (Lipinski definition) is 3. The predicted molar refractivity (Wildman–Crippen MR) is 78.6 cm³/mol. The summed E-state index contributed by atoms with van der Waals surface area (Å²) in [5.41, 5.74) is 3.18. The molecular formula is C15H21NOS. The molecule has 0 saturated carbocycles. The van der Waals surface area contributed by atoms with Crippen LogP contribution in [-0.4, -0.2) is 41.8 Å². The minimum atomic E-state index is 0.243. The first-order valence-electron chi connectivity index (χ1n) is 6.46. The number of aryl methyl sites for hydroxylation is 2. The second-order valence-corrected chi connectivity index (χ2v) is 6.32. The number of likely N-dealkylation sites (N-methyl/N-ethyl adjacent to an activating group) is 1. The van der Waals surface area contributed by atoms with Gasteiger partial charge in [-0.2, -0.15) is 11.8 Å². The van der Waals surface area contributed by atoms with Crippen molar-refractivity contribution in [2.45, 2.75) is 26.3 Å². The number of benzene rings is 1. The molecule has 1 aliphatic rings. The molecule has 1 heterocycles. The summed E-state index contributed by atoms with van der Waals surface area (Å²) in [5.74, 6) is 2.63. The van der Waals surface area contributed by atoms with Crippen LogP contribution in [0.3, 0.4) is 0 Å². The van der Waals surface area contributed by atoms with E-state index in [2.05, 4.69) is 24.9 Å². The van der Waals surface area contributed by atoms with Crippen molar-refractivity contribution in [3.63, 3.8) is 0 Å². The van der Waals surface area contributed by atoms with Crippen molar-refractivity contribution in [3.05, 3.63) is 34.9 Å². The molecule has 1 aliphatic heterocycles. The molecule has 0 aromatic heterocycles. The van der Waals surface area contributed by atoms with Gasteiger partial charge in [0.15, 0.2) is 5.78 Å². The number of rotatable bonds is 4. The van der Waals surface area contributed by atoms with Gasteiger partial charge in [0.25, 0.3) is 0 Å². The zero-order chi connectivity index (χ0) is 13.1. The van der Waals surface area contributed by atoms with Gasteiger partial charge in [-0.05, 0) is 38.6 Å². The van der Waals surface area contributed by atoms with E-state index in [1.807, 2.05) is 30.8 Å². The smallest absolute Gasteiger partial charge is 0.177 e. The van der Waals surface area contributed by atoms with E-state index in [1.54, 1.807) is 0 Å². The summed E-state index contributed by atoms with van der Waals surface area (Å²) in [6.07, 6.45) is 1.21. The van der Waals surface area contributed by atoms with E-state index in [-0.39, 0.29) is 5.78 Å². The number of carbonyl (C=O) groups is 1. The maximum Gasteiger partial charge on any atom is 0.177 e. The molecule has 1 saturated heterocycles. The SMILES string of the molecule is Cc1ccc(C(=O)CN(C)C2CCSC2)c(C)c1. The quantitative estimate of drug-likeness (QED) is 0.779. The average Bonchev–Trinajstić information content (AvgIpc) is 2.81. The first kappa shape index (κ1) is 13.6. The van der Waals surface area contributed by atoms with Crippen LogP contribution < -0.4 is 0 Å². The highest BCUT2D eigenvalue weighted by Gasteiger charge is 2.22. The van der Waals surface area contributed by atoms with Crippen molar-refractivity contribution in [2.75, 3.05) is 25.1 Å². The van der Waals surface area contributed by atoms with Crippen LogP contribution in [0.25, 0.3) is 0 Å². The molecular weight excluding hydrogens is 242 g/mol. The van der Waals surface area contributed by atoms with Crippen LogP contribution in [0.15, 0.2) is 18.2 Å². The minimum Gasteiger partial charge on any atom is -0.295 e. The molecule has 0 N–H and O–H groups in total. The fraction of sp³-hybridized carbons (Fsp3) is 0.533. The third-order valence-corrected chi connectivity index (χ3v) is 4.75. The second-order valence-electron chi connectivity index (χ2n) is 5.17. The lowest BCUT2D eigenvalue weighted by molar-refractivity contribution is 0.0926. The maximum atomic E-state index is 12.3. The van der Waals surface area contributed by atoms with Crippen LogP contribution >= 0.6 is 11.8 Å². The monoisotopic (exact) mass is 263 g/mol. The summed E-state index contributed by atoms with van der Waals surface area (Å²) in [6.45, 7) is 4.61. The van der Waals surface area contributed by atoms with E-state index in [1.165, 1.54) is 17.7 Å². The Kier molecular flexibility index (Phi) is 4.46. The first-order chi connectivity index (χ1) is 8.58. The Morgan fingerprint density at radius 2 is 2.22 bits per heavy atom. The topological polar surface area (TPSA) is 20.3 Å². The molecule has 3 heteroatoms. The molecule has 0 bridgehead atoms. The molecule has 1 fully saturated rings. The third kappa shape index (κ3) is 3.15. The van der Waals surface area contributed by atoms with E-state index in [4.69, 9.17) is 0 Å². The van der Waals surface area contributed by atoms with Crippen molar-refractivity contribution in [3.8, 4) is 0 Å². The number of hydrogen-bond donors (Lipinski definition) is 0. The molecule has 2 nitrogen and oxygen atoms in total. The van der Waals surface area contributed by atoms with Gasteiger partial charge in [-0.25, -0.2) is 0 Å². The van der Waals surface area contributed by atoms with E-state index in [9.17, 15) is 4.79 Å². The highest BCUT2D eigenvalue weighted by molar-refractivity contribution is 7.99. The zero-order valence-electron chi connectivity index (χ0n) is 11.4. The molecule has 18 heavy (non-hydrogen) atoms. The van der Waals surface area contributed by atoms with Gasteiger partial charge in [-0.1, -0.05) is 23.8 Å². The lowest BCUT2D eigenvalue weighted by Crippen LogP contribution is -2.36. The van der Waals surface area contributed by atoms with Crippen molar-refractivity contribution >= 4 is 17.5 Å². The maximum absolute atomic E-state index is 12.3. The van der Waals surface area contributed by atoms with Crippen LogP contribution in [0.4, 0.5) is 0 Å². The Labute approximate surface area is 114 Å². The molecule has 0 radical (unpaired) electrons. The summed E-state index contributed by atoms with van der Waals surface area (Å²) >= 11 is 1.99. The number of carbonyl (C=O) groups excluding carboxylic acids is 1. The molecule has 2 rings (SSSR count). The van der Waals surface area contributed by atoms with E-state index >= 15 is 0 Å². The largest absolute Gasteiger partial charge is 0.295 e. The summed E-state index contributed by atoms with van der Waals surface area (Å²) < 4.78 is 0. The third-order valence-electron chi connectivity index (χ3n) is 3.60. The normalized spacial score (nSPS) is 19.4. The fourth-order valence-electron chi connectivity index (χ4n) is 2.44. The summed E-state index contributed by atoms with van der Waals surface area (Å²) in [5, 5.41) is 0. The van der Waals surface area contributed by atoms with Crippen molar-refractivity contribution in [2.24, 2.45) is 0 Å². The van der Waals surface area contributed by atoms with Crippen LogP contribution in [0.5, 0.6) is 0 Å². The summed E-state index contributed by atoms with van der Waals surface area (Å²) in [7, 11) is 2.07. The predicted octanol–water partition coefficient (Wildman–Crippen LogP) is 2.92. The highest BCUT2D eigenvalue weighted by Crippen LogP contribution is 2.21. The van der Waals surface area contributed by atoms with Crippen molar-refractivity contribution in [1.29, 1.82) is 0 Å². The first-order valence-corrected chi connectivity index (χ1v) is 7.62. The van der Waals surface area contributed by atoms with Crippen LogP contribution in [-0.2, 0) is 0 Å². The minimum absolute atomic E-state index is 0.243. The van der Waals surface area contributed by atoms with Crippen LogP contribution in [0.1, 0.15) is 27.9 Å². The van der Waals surface area contributed by atoms with Crippen molar-refractivity contribution < 1.29 is 4.79 Å². The fourth-order valence-corrected chi connectivity index (χ4v) is 3.74. The summed E-state index contributed by atoms with van der Waals surface area (Å²) in [4.78, 5) is 14.5. The van der Waals surface area contributed by atoms with Crippen LogP contribution in [0, 0.1) is 13.8 Å². The number of Topliss-reactive ketones (excluding diaryl/α,β-unsaturated/α-hetero) is 1. The average molecular weight is 263 g/mol. The van der Waals surface area contributed by atoms with Gasteiger partial charge in [0, 0.05) is 17.4 Å². The Morgan fingerprint density at radius 3 is 2.83 bits per heavy atom. The zero-order valence-corrected chi connectivity index (χ0v) is 12.2. The molecule has 0 amide bonds. The van der Waals surface area contributed by atoms with Gasteiger partial charge in [-0.3, -0.25) is 9.69 Å². The standard InChI is InChI=1S/C15H21NOS/c1-11-4-5-14(12(2)8-11)15(17)9-16(3)13-6-7-18-10-13/h4-5,8,13H,6-7,9-10H2,1-3H3. The molecule has 1 aromatic rings. The Bertz CT molecular complexity index is 438. The van der Waals surface area contributed by atoms with Gasteiger partial charge in [0.05, 0.1) is 6.54 Å². The van der Waals surface area contributed by atoms with Crippen molar-refractivity contribution in [1.82, 2.24) is 4.90 Å². The molecule has 1 atom stereocenters. The lowest BCUT2D eigenvalue weighted by atomic mass is 10.0. The van der Waals surface area contributed by atoms with Gasteiger partial charge in [-0.15, -0.1) is 0 Å². The lowest BCUT2D eigenvalue weighted by Gasteiger charge is -2.22. The Hall–Kier alpha value is -0.800. The van der Waals surface area contributed by atoms with E-state index < -0.39 is 0 Å². The van der Waals surface area contributed by atoms with Gasteiger partial charge >= 0.3 is 0 Å². The summed E-state index contributed by atoms with van der Waals surface area (Å²) in [6, 6.07) is 6.64. The van der Waals surface area contributed by atoms with Gasteiger partial charge in [0.1, 0.15) is 0 Å². The molecule has 0 aliphatic carbocycles. The number of nitrogens with zero attached hydrogens (tertiary/aromatic N) is 1. The molecule has 98 valence electrons. The molecule has 1 unspecified atom stereocenters. The Balaban J connectivity index is 2.02. The molecule has 1 aromatic carbocycles. The van der Waals surface area contributed by atoms with E-state index in [0.29, 0.717) is 12.6 Å². The number of ketones is 1. The van der Waals surface area contributed by atoms with Gasteiger partial charge in [0.2, 0.25) is 0 Å². The van der Waals surface area contributed by atoms with E-state index in [0.717, 1.165) is 16.9 Å². The number of thioether (sulfide) groups is 1. The molecule has 0 spiro atoms. The van der Waals surface area contributed by atoms with Crippen LogP contribution in [0.2, 0.25) is 0 Å². The Morgan fingerprint density at radius 1 is 1.44 bits per heavy atom. The van der Waals surface area contributed by atoms with Gasteiger partial charge < -0.3 is 0 Å². The highest BCUT2D eigenvalue weighted by atomic mass is 32.2. The second kappa shape index (κ2) is 5.89.